The Morgan fingerprint density at radius 3 is 2.58 bits per heavy atom. The van der Waals surface area contributed by atoms with E-state index >= 15 is 0 Å². The molecule has 1 aromatic carbocycles. The van der Waals surface area contributed by atoms with E-state index in [2.05, 4.69) is 17.6 Å². The maximum atomic E-state index is 11.7. The van der Waals surface area contributed by atoms with Crippen LogP contribution < -0.4 is 10.6 Å². The van der Waals surface area contributed by atoms with Crippen molar-refractivity contribution in [1.29, 1.82) is 0 Å². The summed E-state index contributed by atoms with van der Waals surface area (Å²) >= 11 is 0. The van der Waals surface area contributed by atoms with Crippen LogP contribution in [-0.4, -0.2) is 36.2 Å². The van der Waals surface area contributed by atoms with Crippen molar-refractivity contribution in [1.82, 2.24) is 10.6 Å². The van der Waals surface area contributed by atoms with E-state index in [-0.39, 0.29) is 18.6 Å². The van der Waals surface area contributed by atoms with Gasteiger partial charge in [0.15, 0.2) is 0 Å². The van der Waals surface area contributed by atoms with Crippen molar-refractivity contribution in [3.8, 4) is 0 Å². The Hall–Kier alpha value is -1.39. The zero-order chi connectivity index (χ0) is 14.1. The number of carbonyl (C=O) groups is 1. The van der Waals surface area contributed by atoms with Crippen LogP contribution in [0.25, 0.3) is 0 Å². The van der Waals surface area contributed by atoms with Crippen molar-refractivity contribution in [2.45, 2.75) is 38.8 Å². The highest BCUT2D eigenvalue weighted by Crippen LogP contribution is 2.02. The van der Waals surface area contributed by atoms with E-state index in [9.17, 15) is 9.90 Å². The lowest BCUT2D eigenvalue weighted by atomic mass is 10.1. The number of aliphatic hydroxyl groups excluding tert-OH is 1. The Kier molecular flexibility index (Phi) is 7.15. The molecule has 1 amide bonds. The highest BCUT2D eigenvalue weighted by molar-refractivity contribution is 5.78. The smallest absolute Gasteiger partial charge is 0.234 e. The van der Waals surface area contributed by atoms with Gasteiger partial charge in [0, 0.05) is 6.04 Å². The first-order chi connectivity index (χ1) is 9.15. The first-order valence-corrected chi connectivity index (χ1v) is 6.83. The number of nitrogens with one attached hydrogen (secondary N) is 2. The normalized spacial score (nSPS) is 13.8. The summed E-state index contributed by atoms with van der Waals surface area (Å²) in [5.74, 6) is -0.0738. The molecule has 0 saturated heterocycles. The van der Waals surface area contributed by atoms with Crippen molar-refractivity contribution < 1.29 is 9.90 Å². The molecule has 19 heavy (non-hydrogen) atoms. The standard InChI is InChI=1S/C15H24N2O2/c1-3-12(2)16-10-15(19)17-14(11-18)9-13-7-5-4-6-8-13/h4-8,12,14,16,18H,3,9-11H2,1-2H3,(H,17,19)/t12?,14-/m1/s1. The molecule has 0 aromatic heterocycles. The lowest BCUT2D eigenvalue weighted by molar-refractivity contribution is -0.121. The summed E-state index contributed by atoms with van der Waals surface area (Å²) in [5.41, 5.74) is 1.11. The average Bonchev–Trinajstić information content (AvgIpc) is 2.45. The summed E-state index contributed by atoms with van der Waals surface area (Å²) in [4.78, 5) is 11.7. The lowest BCUT2D eigenvalue weighted by Gasteiger charge is -2.18. The number of aliphatic hydroxyl groups is 1. The molecule has 0 saturated carbocycles. The van der Waals surface area contributed by atoms with Gasteiger partial charge in [0.05, 0.1) is 19.2 Å². The highest BCUT2D eigenvalue weighted by atomic mass is 16.3. The minimum Gasteiger partial charge on any atom is -0.394 e. The molecule has 1 rings (SSSR count). The lowest BCUT2D eigenvalue weighted by Crippen LogP contribution is -2.44. The van der Waals surface area contributed by atoms with Crippen molar-refractivity contribution in [2.24, 2.45) is 0 Å². The molecule has 0 fully saturated rings. The fraction of sp³-hybridized carbons (Fsp3) is 0.533. The minimum atomic E-state index is -0.228. The topological polar surface area (TPSA) is 61.4 Å². The van der Waals surface area contributed by atoms with Crippen molar-refractivity contribution in [2.75, 3.05) is 13.2 Å². The van der Waals surface area contributed by atoms with Gasteiger partial charge >= 0.3 is 0 Å². The van der Waals surface area contributed by atoms with Gasteiger partial charge < -0.3 is 15.7 Å². The van der Waals surface area contributed by atoms with Crippen LogP contribution in [0.1, 0.15) is 25.8 Å². The van der Waals surface area contributed by atoms with Gasteiger partial charge in [-0.25, -0.2) is 0 Å². The van der Waals surface area contributed by atoms with E-state index in [1.165, 1.54) is 0 Å². The summed E-state index contributed by atoms with van der Waals surface area (Å²) in [6, 6.07) is 9.94. The molecule has 2 atom stereocenters. The fourth-order valence-electron chi connectivity index (χ4n) is 1.75. The second-order valence-corrected chi connectivity index (χ2v) is 4.83. The summed E-state index contributed by atoms with van der Waals surface area (Å²) in [6.45, 7) is 4.35. The van der Waals surface area contributed by atoms with E-state index in [1.807, 2.05) is 37.3 Å². The van der Waals surface area contributed by atoms with Gasteiger partial charge in [0.25, 0.3) is 0 Å². The highest BCUT2D eigenvalue weighted by Gasteiger charge is 2.12. The van der Waals surface area contributed by atoms with Crippen molar-refractivity contribution >= 4 is 5.91 Å². The number of rotatable bonds is 8. The first-order valence-electron chi connectivity index (χ1n) is 6.83. The van der Waals surface area contributed by atoms with E-state index in [0.717, 1.165) is 12.0 Å². The third-order valence-corrected chi connectivity index (χ3v) is 3.13. The molecule has 4 heteroatoms. The van der Waals surface area contributed by atoms with E-state index in [0.29, 0.717) is 19.0 Å². The second-order valence-electron chi connectivity index (χ2n) is 4.83. The molecule has 106 valence electrons. The summed E-state index contributed by atoms with van der Waals surface area (Å²) in [6.07, 6.45) is 1.63. The van der Waals surface area contributed by atoms with Gasteiger partial charge in [-0.05, 0) is 25.3 Å². The molecular weight excluding hydrogens is 240 g/mol. The van der Waals surface area contributed by atoms with Gasteiger partial charge in [-0.15, -0.1) is 0 Å². The summed E-state index contributed by atoms with van der Waals surface area (Å²) in [7, 11) is 0. The fourth-order valence-corrected chi connectivity index (χ4v) is 1.75. The van der Waals surface area contributed by atoms with E-state index in [1.54, 1.807) is 0 Å². The molecule has 0 aliphatic heterocycles. The Labute approximate surface area is 115 Å². The van der Waals surface area contributed by atoms with Crippen LogP contribution in [0.4, 0.5) is 0 Å². The van der Waals surface area contributed by atoms with Crippen LogP contribution in [0.3, 0.4) is 0 Å². The SMILES string of the molecule is CCC(C)NCC(=O)N[C@@H](CO)Cc1ccccc1. The molecular formula is C15H24N2O2. The van der Waals surface area contributed by atoms with Crippen LogP contribution in [0, 0.1) is 0 Å². The van der Waals surface area contributed by atoms with E-state index in [4.69, 9.17) is 0 Å². The molecule has 0 aliphatic rings. The van der Waals surface area contributed by atoms with Crippen molar-refractivity contribution in [3.05, 3.63) is 35.9 Å². The van der Waals surface area contributed by atoms with Gasteiger partial charge in [-0.3, -0.25) is 4.79 Å². The maximum absolute atomic E-state index is 11.7. The van der Waals surface area contributed by atoms with Gasteiger partial charge in [0.2, 0.25) is 5.91 Å². The number of carbonyl (C=O) groups excluding carboxylic acids is 1. The number of amides is 1. The van der Waals surface area contributed by atoms with Crippen LogP contribution in [0.5, 0.6) is 0 Å². The maximum Gasteiger partial charge on any atom is 0.234 e. The molecule has 1 aromatic rings. The van der Waals surface area contributed by atoms with Crippen LogP contribution >= 0.6 is 0 Å². The number of benzene rings is 1. The van der Waals surface area contributed by atoms with Crippen LogP contribution in [-0.2, 0) is 11.2 Å². The third-order valence-electron chi connectivity index (χ3n) is 3.13. The molecule has 3 N–H and O–H groups in total. The van der Waals surface area contributed by atoms with E-state index < -0.39 is 0 Å². The molecule has 0 aliphatic carbocycles. The zero-order valence-corrected chi connectivity index (χ0v) is 11.7. The molecule has 0 bridgehead atoms. The summed E-state index contributed by atoms with van der Waals surface area (Å²) < 4.78 is 0. The Balaban J connectivity index is 2.37. The largest absolute Gasteiger partial charge is 0.394 e. The summed E-state index contributed by atoms with van der Waals surface area (Å²) in [5, 5.41) is 15.3. The first kappa shape index (κ1) is 15.7. The quantitative estimate of drug-likeness (QED) is 0.659. The van der Waals surface area contributed by atoms with Crippen LogP contribution in [0.2, 0.25) is 0 Å². The zero-order valence-electron chi connectivity index (χ0n) is 11.7. The van der Waals surface area contributed by atoms with Gasteiger partial charge in [-0.1, -0.05) is 37.3 Å². The molecule has 4 nitrogen and oxygen atoms in total. The monoisotopic (exact) mass is 264 g/mol. The second kappa shape index (κ2) is 8.67. The predicted molar refractivity (Wildman–Crippen MR) is 76.9 cm³/mol. The third kappa shape index (κ3) is 6.36. The number of hydrogen-bond donors (Lipinski definition) is 3. The molecule has 0 radical (unpaired) electrons. The Morgan fingerprint density at radius 2 is 2.00 bits per heavy atom. The van der Waals surface area contributed by atoms with Crippen LogP contribution in [0.15, 0.2) is 30.3 Å². The minimum absolute atomic E-state index is 0.0516. The van der Waals surface area contributed by atoms with Gasteiger partial charge in [0.1, 0.15) is 0 Å². The average molecular weight is 264 g/mol. The van der Waals surface area contributed by atoms with Gasteiger partial charge in [-0.2, -0.15) is 0 Å². The molecule has 0 heterocycles. The molecule has 0 spiro atoms. The Bertz CT molecular complexity index is 368. The Morgan fingerprint density at radius 1 is 1.32 bits per heavy atom. The number of hydrogen-bond acceptors (Lipinski definition) is 3. The van der Waals surface area contributed by atoms with Crippen molar-refractivity contribution in [3.63, 3.8) is 0 Å². The predicted octanol–water partition coefficient (Wildman–Crippen LogP) is 1.09. The molecule has 1 unspecified atom stereocenters.